The summed E-state index contributed by atoms with van der Waals surface area (Å²) in [5, 5.41) is 7.68. The van der Waals surface area contributed by atoms with Crippen molar-refractivity contribution < 1.29 is 4.79 Å². The summed E-state index contributed by atoms with van der Waals surface area (Å²) < 4.78 is 1.60. The Bertz CT molecular complexity index is 539. The number of aromatic nitrogens is 2. The fourth-order valence-corrected chi connectivity index (χ4v) is 2.12. The third-order valence-corrected chi connectivity index (χ3v) is 3.09. The van der Waals surface area contributed by atoms with Gasteiger partial charge >= 0.3 is 0 Å². The van der Waals surface area contributed by atoms with Crippen LogP contribution in [0.15, 0.2) is 42.7 Å². The first kappa shape index (κ1) is 13.6. The van der Waals surface area contributed by atoms with E-state index in [0.717, 1.165) is 12.0 Å². The van der Waals surface area contributed by atoms with Crippen LogP contribution in [0.3, 0.4) is 0 Å². The van der Waals surface area contributed by atoms with Gasteiger partial charge in [-0.05, 0) is 30.2 Å². The van der Waals surface area contributed by atoms with E-state index < -0.39 is 0 Å². The predicted octanol–water partition coefficient (Wildman–Crippen LogP) is 2.80. The van der Waals surface area contributed by atoms with E-state index in [-0.39, 0.29) is 18.5 Å². The lowest BCUT2D eigenvalue weighted by molar-refractivity contribution is -0.122. The zero-order chi connectivity index (χ0) is 13.7. The van der Waals surface area contributed by atoms with Crippen LogP contribution in [-0.2, 0) is 11.3 Å². The molecule has 0 spiro atoms. The minimum atomic E-state index is -0.0597. The van der Waals surface area contributed by atoms with Crippen LogP contribution in [0.2, 0.25) is 5.02 Å². The SMILES string of the molecule is CC[C@H](NC(=O)Cn1cccn1)c1cccc(Cl)c1. The molecule has 0 saturated carbocycles. The molecule has 19 heavy (non-hydrogen) atoms. The highest BCUT2D eigenvalue weighted by atomic mass is 35.5. The number of hydrogen-bond donors (Lipinski definition) is 1. The molecular weight excluding hydrogens is 262 g/mol. The first-order chi connectivity index (χ1) is 9.19. The summed E-state index contributed by atoms with van der Waals surface area (Å²) in [6, 6.07) is 9.32. The Morgan fingerprint density at radius 2 is 2.32 bits per heavy atom. The van der Waals surface area contributed by atoms with Gasteiger partial charge in [-0.3, -0.25) is 9.48 Å². The van der Waals surface area contributed by atoms with Gasteiger partial charge < -0.3 is 5.32 Å². The van der Waals surface area contributed by atoms with Gasteiger partial charge in [-0.15, -0.1) is 0 Å². The van der Waals surface area contributed by atoms with Gasteiger partial charge in [-0.1, -0.05) is 30.7 Å². The lowest BCUT2D eigenvalue weighted by Gasteiger charge is -2.17. The van der Waals surface area contributed by atoms with Crippen LogP contribution in [-0.4, -0.2) is 15.7 Å². The van der Waals surface area contributed by atoms with Gasteiger partial charge in [0.15, 0.2) is 0 Å². The Balaban J connectivity index is 2.01. The van der Waals surface area contributed by atoms with Crippen LogP contribution in [0, 0.1) is 0 Å². The average Bonchev–Trinajstić information content (AvgIpc) is 2.88. The summed E-state index contributed by atoms with van der Waals surface area (Å²) in [6.07, 6.45) is 4.23. The van der Waals surface area contributed by atoms with E-state index >= 15 is 0 Å². The molecule has 0 bridgehead atoms. The Morgan fingerprint density at radius 1 is 1.47 bits per heavy atom. The van der Waals surface area contributed by atoms with Crippen molar-refractivity contribution in [3.63, 3.8) is 0 Å². The first-order valence-corrected chi connectivity index (χ1v) is 6.59. The number of halogens is 1. The maximum Gasteiger partial charge on any atom is 0.242 e. The summed E-state index contributed by atoms with van der Waals surface area (Å²) in [6.45, 7) is 2.25. The van der Waals surface area contributed by atoms with E-state index in [2.05, 4.69) is 10.4 Å². The minimum Gasteiger partial charge on any atom is -0.348 e. The normalized spacial score (nSPS) is 12.1. The molecule has 1 N–H and O–H groups in total. The fourth-order valence-electron chi connectivity index (χ4n) is 1.93. The van der Waals surface area contributed by atoms with E-state index in [1.807, 2.05) is 31.2 Å². The second-order valence-electron chi connectivity index (χ2n) is 4.29. The summed E-state index contributed by atoms with van der Waals surface area (Å²) in [4.78, 5) is 11.9. The molecule has 0 aliphatic rings. The molecule has 4 nitrogen and oxygen atoms in total. The van der Waals surface area contributed by atoms with E-state index in [1.165, 1.54) is 0 Å². The highest BCUT2D eigenvalue weighted by molar-refractivity contribution is 6.30. The number of carbonyl (C=O) groups excluding carboxylic acids is 1. The highest BCUT2D eigenvalue weighted by Gasteiger charge is 2.13. The van der Waals surface area contributed by atoms with E-state index in [9.17, 15) is 4.79 Å². The quantitative estimate of drug-likeness (QED) is 0.913. The van der Waals surface area contributed by atoms with E-state index in [4.69, 9.17) is 11.6 Å². The molecular formula is C14H16ClN3O. The molecule has 1 atom stereocenters. The molecule has 0 radical (unpaired) electrons. The summed E-state index contributed by atoms with van der Waals surface area (Å²) >= 11 is 5.97. The summed E-state index contributed by atoms with van der Waals surface area (Å²) in [5.41, 5.74) is 1.02. The number of carbonyl (C=O) groups is 1. The molecule has 100 valence electrons. The van der Waals surface area contributed by atoms with Crippen LogP contribution >= 0.6 is 11.6 Å². The highest BCUT2D eigenvalue weighted by Crippen LogP contribution is 2.20. The molecule has 1 heterocycles. The maximum absolute atomic E-state index is 11.9. The molecule has 2 rings (SSSR count). The number of rotatable bonds is 5. The van der Waals surface area contributed by atoms with Crippen molar-refractivity contribution in [2.75, 3.05) is 0 Å². The molecule has 0 unspecified atom stereocenters. The predicted molar refractivity (Wildman–Crippen MR) is 74.9 cm³/mol. The van der Waals surface area contributed by atoms with Crippen LogP contribution in [0.4, 0.5) is 0 Å². The van der Waals surface area contributed by atoms with Gasteiger partial charge in [0.1, 0.15) is 6.54 Å². The molecule has 1 aromatic carbocycles. The molecule has 0 aliphatic carbocycles. The maximum atomic E-state index is 11.9. The molecule has 0 saturated heterocycles. The fraction of sp³-hybridized carbons (Fsp3) is 0.286. The first-order valence-electron chi connectivity index (χ1n) is 6.21. The molecule has 1 aromatic heterocycles. The van der Waals surface area contributed by atoms with Crippen molar-refractivity contribution in [1.82, 2.24) is 15.1 Å². The van der Waals surface area contributed by atoms with Crippen LogP contribution in [0.1, 0.15) is 24.9 Å². The Labute approximate surface area is 117 Å². The summed E-state index contributed by atoms with van der Waals surface area (Å²) in [7, 11) is 0. The Morgan fingerprint density at radius 3 is 2.95 bits per heavy atom. The third-order valence-electron chi connectivity index (χ3n) is 2.86. The van der Waals surface area contributed by atoms with Crippen molar-refractivity contribution >= 4 is 17.5 Å². The van der Waals surface area contributed by atoms with Gasteiger partial charge in [0.05, 0.1) is 6.04 Å². The zero-order valence-corrected chi connectivity index (χ0v) is 11.5. The number of amides is 1. The lowest BCUT2D eigenvalue weighted by atomic mass is 10.0. The van der Waals surface area contributed by atoms with E-state index in [1.54, 1.807) is 23.1 Å². The Hall–Kier alpha value is -1.81. The smallest absolute Gasteiger partial charge is 0.242 e. The second kappa shape index (κ2) is 6.38. The third kappa shape index (κ3) is 3.83. The van der Waals surface area contributed by atoms with Gasteiger partial charge in [0.2, 0.25) is 5.91 Å². The van der Waals surface area contributed by atoms with Gasteiger partial charge in [-0.2, -0.15) is 5.10 Å². The number of hydrogen-bond acceptors (Lipinski definition) is 2. The van der Waals surface area contributed by atoms with Crippen LogP contribution in [0.5, 0.6) is 0 Å². The largest absolute Gasteiger partial charge is 0.348 e. The monoisotopic (exact) mass is 277 g/mol. The number of benzene rings is 1. The summed E-state index contributed by atoms with van der Waals surface area (Å²) in [5.74, 6) is -0.0597. The molecule has 1 amide bonds. The molecule has 0 fully saturated rings. The van der Waals surface area contributed by atoms with E-state index in [0.29, 0.717) is 5.02 Å². The standard InChI is InChI=1S/C14H16ClN3O/c1-2-13(11-5-3-6-12(15)9-11)17-14(19)10-18-8-4-7-16-18/h3-9,13H,2,10H2,1H3,(H,17,19)/t13-/m0/s1. The van der Waals surface area contributed by atoms with Gasteiger partial charge in [-0.25, -0.2) is 0 Å². The van der Waals surface area contributed by atoms with Crippen LogP contribution < -0.4 is 5.32 Å². The van der Waals surface area contributed by atoms with Crippen molar-refractivity contribution in [3.05, 3.63) is 53.3 Å². The Kier molecular flexibility index (Phi) is 4.58. The lowest BCUT2D eigenvalue weighted by Crippen LogP contribution is -2.31. The second-order valence-corrected chi connectivity index (χ2v) is 4.72. The average molecular weight is 278 g/mol. The number of nitrogens with one attached hydrogen (secondary N) is 1. The van der Waals surface area contributed by atoms with Crippen LogP contribution in [0.25, 0.3) is 0 Å². The van der Waals surface area contributed by atoms with Crippen molar-refractivity contribution in [1.29, 1.82) is 0 Å². The number of nitrogens with zero attached hydrogens (tertiary/aromatic N) is 2. The molecule has 0 aliphatic heterocycles. The van der Waals surface area contributed by atoms with Crippen molar-refractivity contribution in [2.45, 2.75) is 25.9 Å². The van der Waals surface area contributed by atoms with Crippen molar-refractivity contribution in [2.24, 2.45) is 0 Å². The molecule has 5 heteroatoms. The zero-order valence-electron chi connectivity index (χ0n) is 10.7. The minimum absolute atomic E-state index is 0.0261. The molecule has 2 aromatic rings. The van der Waals surface area contributed by atoms with Gasteiger partial charge in [0.25, 0.3) is 0 Å². The van der Waals surface area contributed by atoms with Gasteiger partial charge in [0, 0.05) is 17.4 Å². The van der Waals surface area contributed by atoms with Crippen molar-refractivity contribution in [3.8, 4) is 0 Å². The topological polar surface area (TPSA) is 46.9 Å².